The first-order valence-corrected chi connectivity index (χ1v) is 3.42. The van der Waals surface area contributed by atoms with E-state index in [1.165, 1.54) is 19.1 Å². The number of nitrogens with zero attached hydrogens (tertiary/aromatic N) is 2. The van der Waals surface area contributed by atoms with Crippen molar-refractivity contribution >= 4 is 40.9 Å². The fourth-order valence-electron chi connectivity index (χ4n) is 0.908. The van der Waals surface area contributed by atoms with Gasteiger partial charge in [-0.25, -0.2) is 0 Å². The van der Waals surface area contributed by atoms with Crippen molar-refractivity contribution in [1.29, 1.82) is 0 Å². The zero-order valence-electron chi connectivity index (χ0n) is 6.76. The third-order valence-corrected chi connectivity index (χ3v) is 1.60. The molecule has 0 saturated heterocycles. The molecule has 0 heterocycles. The molecule has 0 aliphatic heterocycles. The predicted molar refractivity (Wildman–Crippen MR) is 51.6 cm³/mol. The topological polar surface area (TPSA) is 86.3 Å². The van der Waals surface area contributed by atoms with Crippen molar-refractivity contribution in [3.63, 3.8) is 0 Å². The van der Waals surface area contributed by atoms with E-state index in [1.807, 2.05) is 0 Å². The van der Waals surface area contributed by atoms with Crippen molar-refractivity contribution in [2.75, 3.05) is 0 Å². The summed E-state index contributed by atoms with van der Waals surface area (Å²) in [6.45, 7) is 1.53. The number of non-ortho nitro benzene ring substituents is 1. The Morgan fingerprint density at radius 2 is 1.71 bits per heavy atom. The number of hydrogen-bond donors (Lipinski definition) is 0. The molecule has 0 atom stereocenters. The van der Waals surface area contributed by atoms with Gasteiger partial charge in [-0.15, -0.1) is 0 Å². The summed E-state index contributed by atoms with van der Waals surface area (Å²) in [7, 11) is 0. The Balaban J connectivity index is 0.00000169. The van der Waals surface area contributed by atoms with Crippen LogP contribution in [0.3, 0.4) is 0 Å². The van der Waals surface area contributed by atoms with Crippen molar-refractivity contribution in [3.8, 4) is 0 Å². The summed E-state index contributed by atoms with van der Waals surface area (Å²) in [6.07, 6.45) is 0. The standard InChI is InChI=1S/C7H6N2O4.Na.H/c1-5-2-3-6(8(10)11)4-7(5)9(12)13;;/h2-4H,1H3;;. The summed E-state index contributed by atoms with van der Waals surface area (Å²) in [5, 5.41) is 20.6. The summed E-state index contributed by atoms with van der Waals surface area (Å²) in [4.78, 5) is 19.4. The normalized spacial score (nSPS) is 8.93. The average Bonchev–Trinajstić information content (AvgIpc) is 2.04. The number of nitro benzene ring substituents is 2. The van der Waals surface area contributed by atoms with Crippen LogP contribution < -0.4 is 0 Å². The first kappa shape index (κ1) is 13.0. The van der Waals surface area contributed by atoms with Gasteiger partial charge in [-0.2, -0.15) is 0 Å². The fraction of sp³-hybridized carbons (Fsp3) is 0.143. The molecule has 0 aliphatic carbocycles. The molecule has 70 valence electrons. The van der Waals surface area contributed by atoms with Gasteiger partial charge < -0.3 is 0 Å². The van der Waals surface area contributed by atoms with Gasteiger partial charge in [-0.05, 0) is 13.0 Å². The molecule has 7 heteroatoms. The summed E-state index contributed by atoms with van der Waals surface area (Å²) < 4.78 is 0. The number of rotatable bonds is 2. The van der Waals surface area contributed by atoms with Crippen molar-refractivity contribution < 1.29 is 9.85 Å². The Hall–Kier alpha value is -0.980. The minimum atomic E-state index is -0.660. The minimum absolute atomic E-state index is 0. The van der Waals surface area contributed by atoms with Crippen LogP contribution in [-0.2, 0) is 0 Å². The zero-order valence-corrected chi connectivity index (χ0v) is 6.76. The van der Waals surface area contributed by atoms with E-state index >= 15 is 0 Å². The molecule has 1 rings (SSSR count). The van der Waals surface area contributed by atoms with Gasteiger partial charge in [0.25, 0.3) is 11.4 Å². The van der Waals surface area contributed by atoms with Gasteiger partial charge in [-0.1, -0.05) is 0 Å². The summed E-state index contributed by atoms with van der Waals surface area (Å²) in [6, 6.07) is 3.55. The van der Waals surface area contributed by atoms with Crippen molar-refractivity contribution in [3.05, 3.63) is 44.0 Å². The van der Waals surface area contributed by atoms with Crippen LogP contribution in [0.5, 0.6) is 0 Å². The van der Waals surface area contributed by atoms with Gasteiger partial charge in [0.15, 0.2) is 0 Å². The van der Waals surface area contributed by atoms with Gasteiger partial charge >= 0.3 is 29.6 Å². The van der Waals surface area contributed by atoms with Crippen LogP contribution in [0.2, 0.25) is 0 Å². The Kier molecular flexibility index (Phi) is 4.69. The fourth-order valence-corrected chi connectivity index (χ4v) is 0.908. The van der Waals surface area contributed by atoms with Crippen LogP contribution in [0.1, 0.15) is 5.56 Å². The van der Waals surface area contributed by atoms with E-state index in [-0.39, 0.29) is 40.9 Å². The molecule has 0 aliphatic rings. The molecule has 14 heavy (non-hydrogen) atoms. The van der Waals surface area contributed by atoms with E-state index in [4.69, 9.17) is 0 Å². The predicted octanol–water partition coefficient (Wildman–Crippen LogP) is 1.16. The maximum absolute atomic E-state index is 10.4. The molecule has 1 aromatic rings. The van der Waals surface area contributed by atoms with Crippen molar-refractivity contribution in [1.82, 2.24) is 0 Å². The monoisotopic (exact) mass is 206 g/mol. The second-order valence-corrected chi connectivity index (χ2v) is 2.49. The number of aryl methyl sites for hydroxylation is 1. The maximum atomic E-state index is 10.4. The molecular formula is C7H7N2NaO4. The first-order chi connectivity index (χ1) is 6.02. The number of nitro groups is 2. The van der Waals surface area contributed by atoms with E-state index in [2.05, 4.69) is 0 Å². The quantitative estimate of drug-likeness (QED) is 0.412. The summed E-state index contributed by atoms with van der Waals surface area (Å²) in [5.74, 6) is 0. The van der Waals surface area contributed by atoms with Crippen LogP contribution in [0.4, 0.5) is 11.4 Å². The van der Waals surface area contributed by atoms with E-state index in [0.717, 1.165) is 6.07 Å². The van der Waals surface area contributed by atoms with Crippen LogP contribution >= 0.6 is 0 Å². The van der Waals surface area contributed by atoms with Crippen molar-refractivity contribution in [2.45, 2.75) is 6.92 Å². The molecule has 6 nitrogen and oxygen atoms in total. The van der Waals surface area contributed by atoms with Crippen LogP contribution in [0.25, 0.3) is 0 Å². The molecule has 0 spiro atoms. The number of hydrogen-bond acceptors (Lipinski definition) is 4. The van der Waals surface area contributed by atoms with Crippen LogP contribution in [0, 0.1) is 27.2 Å². The Labute approximate surface area is 102 Å². The molecule has 1 aromatic carbocycles. The van der Waals surface area contributed by atoms with Gasteiger partial charge in [-0.3, -0.25) is 20.2 Å². The van der Waals surface area contributed by atoms with E-state index in [1.54, 1.807) is 0 Å². The Bertz CT molecular complexity index is 380. The SMILES string of the molecule is Cc1ccc([N+](=O)[O-])cc1[N+](=O)[O-].[NaH]. The first-order valence-electron chi connectivity index (χ1n) is 3.42. The second-order valence-electron chi connectivity index (χ2n) is 2.49. The molecule has 0 radical (unpaired) electrons. The molecule has 0 fully saturated rings. The van der Waals surface area contributed by atoms with Gasteiger partial charge in [0.05, 0.1) is 15.9 Å². The molecule has 0 amide bonds. The molecule has 0 N–H and O–H groups in total. The van der Waals surface area contributed by atoms with Crippen molar-refractivity contribution in [2.24, 2.45) is 0 Å². The van der Waals surface area contributed by atoms with Crippen LogP contribution in [0.15, 0.2) is 18.2 Å². The number of benzene rings is 1. The molecule has 0 aromatic heterocycles. The van der Waals surface area contributed by atoms with E-state index in [0.29, 0.717) is 5.56 Å². The van der Waals surface area contributed by atoms with E-state index < -0.39 is 9.85 Å². The Morgan fingerprint density at radius 3 is 2.14 bits per heavy atom. The molecule has 0 bridgehead atoms. The molecule has 0 unspecified atom stereocenters. The van der Waals surface area contributed by atoms with Gasteiger partial charge in [0.1, 0.15) is 0 Å². The molecule has 0 saturated carbocycles. The van der Waals surface area contributed by atoms with Crippen LogP contribution in [-0.4, -0.2) is 39.4 Å². The molecular weight excluding hydrogens is 199 g/mol. The van der Waals surface area contributed by atoms with Gasteiger partial charge in [0, 0.05) is 11.6 Å². The average molecular weight is 206 g/mol. The van der Waals surface area contributed by atoms with E-state index in [9.17, 15) is 20.2 Å². The Morgan fingerprint density at radius 1 is 1.14 bits per heavy atom. The zero-order chi connectivity index (χ0) is 10.0. The third kappa shape index (κ3) is 2.76. The second kappa shape index (κ2) is 5.04. The third-order valence-electron chi connectivity index (χ3n) is 1.60. The van der Waals surface area contributed by atoms with Gasteiger partial charge in [0.2, 0.25) is 0 Å². The summed E-state index contributed by atoms with van der Waals surface area (Å²) in [5.41, 5.74) is -0.0814. The summed E-state index contributed by atoms with van der Waals surface area (Å²) >= 11 is 0.